The molecule has 1 aromatic rings. The molecule has 1 rings (SSSR count). The Balaban J connectivity index is 2.84. The Morgan fingerprint density at radius 1 is 1.57 bits per heavy atom. The fourth-order valence-electron chi connectivity index (χ4n) is 1.23. The summed E-state index contributed by atoms with van der Waals surface area (Å²) in [4.78, 5) is 0. The van der Waals surface area contributed by atoms with Crippen LogP contribution in [0.3, 0.4) is 0 Å². The van der Waals surface area contributed by atoms with Crippen molar-refractivity contribution in [2.45, 2.75) is 39.7 Å². The fraction of sp³-hybridized carbons (Fsp3) is 0.636. The zero-order valence-corrected chi connectivity index (χ0v) is 9.28. The molecule has 0 unspecified atom stereocenters. The highest BCUT2D eigenvalue weighted by Gasteiger charge is 2.22. The van der Waals surface area contributed by atoms with Crippen LogP contribution in [0.5, 0.6) is 0 Å². The topological polar surface area (TPSA) is 41.6 Å². The number of nitriles is 1. The molecule has 0 radical (unpaired) electrons. The second kappa shape index (κ2) is 3.83. The molecule has 0 amide bonds. The Kier molecular flexibility index (Phi) is 2.95. The second-order valence-corrected chi connectivity index (χ2v) is 4.55. The third-order valence-electron chi connectivity index (χ3n) is 2.11. The third-order valence-corrected chi connectivity index (χ3v) is 2.11. The highest BCUT2D eigenvalue weighted by atomic mass is 15.3. The van der Waals surface area contributed by atoms with Gasteiger partial charge in [0.2, 0.25) is 0 Å². The molecule has 0 aliphatic rings. The van der Waals surface area contributed by atoms with Crippen LogP contribution >= 0.6 is 0 Å². The van der Waals surface area contributed by atoms with Crippen LogP contribution in [0.1, 0.15) is 33.4 Å². The highest BCUT2D eigenvalue weighted by Crippen LogP contribution is 2.19. The van der Waals surface area contributed by atoms with Gasteiger partial charge in [0.25, 0.3) is 0 Å². The van der Waals surface area contributed by atoms with E-state index in [1.165, 1.54) is 0 Å². The zero-order chi connectivity index (χ0) is 10.8. The molecule has 3 heteroatoms. The Hall–Kier alpha value is -1.30. The van der Waals surface area contributed by atoms with Crippen molar-refractivity contribution in [1.82, 2.24) is 9.78 Å². The maximum Gasteiger partial charge on any atom is 0.0955 e. The van der Waals surface area contributed by atoms with Crippen molar-refractivity contribution in [2.75, 3.05) is 0 Å². The van der Waals surface area contributed by atoms with E-state index in [-0.39, 0.29) is 0 Å². The molecule has 0 spiro atoms. The molecular formula is C11H17N3. The molecule has 3 nitrogen and oxygen atoms in total. The Morgan fingerprint density at radius 2 is 2.21 bits per heavy atom. The lowest BCUT2D eigenvalue weighted by Gasteiger charge is -2.11. The van der Waals surface area contributed by atoms with E-state index >= 15 is 0 Å². The van der Waals surface area contributed by atoms with Gasteiger partial charge in [-0.1, -0.05) is 13.8 Å². The van der Waals surface area contributed by atoms with Crippen molar-refractivity contribution in [3.8, 4) is 6.07 Å². The van der Waals surface area contributed by atoms with Gasteiger partial charge in [-0.15, -0.1) is 0 Å². The van der Waals surface area contributed by atoms with Crippen LogP contribution in [0, 0.1) is 17.2 Å². The first kappa shape index (κ1) is 10.8. The SMILES string of the molecule is CC(C)Cn1ccc(C(C)(C)C#N)n1. The maximum atomic E-state index is 8.94. The molecule has 0 aliphatic heterocycles. The van der Waals surface area contributed by atoms with E-state index < -0.39 is 5.41 Å². The van der Waals surface area contributed by atoms with Crippen molar-refractivity contribution < 1.29 is 0 Å². The van der Waals surface area contributed by atoms with Crippen molar-refractivity contribution in [3.63, 3.8) is 0 Å². The van der Waals surface area contributed by atoms with E-state index in [0.29, 0.717) is 5.92 Å². The number of hydrogen-bond acceptors (Lipinski definition) is 2. The van der Waals surface area contributed by atoms with Crippen molar-refractivity contribution in [3.05, 3.63) is 18.0 Å². The molecule has 0 fully saturated rings. The molecule has 0 atom stereocenters. The normalized spacial score (nSPS) is 11.7. The van der Waals surface area contributed by atoms with Gasteiger partial charge in [0.05, 0.1) is 17.2 Å². The lowest BCUT2D eigenvalue weighted by Crippen LogP contribution is -2.16. The highest BCUT2D eigenvalue weighted by molar-refractivity contribution is 5.21. The summed E-state index contributed by atoms with van der Waals surface area (Å²) in [7, 11) is 0. The number of rotatable bonds is 3. The Morgan fingerprint density at radius 3 is 2.71 bits per heavy atom. The van der Waals surface area contributed by atoms with Crippen molar-refractivity contribution >= 4 is 0 Å². The van der Waals surface area contributed by atoms with Crippen molar-refractivity contribution in [1.29, 1.82) is 5.26 Å². The Bertz CT molecular complexity index is 342. The molecule has 76 valence electrons. The van der Waals surface area contributed by atoms with E-state index in [0.717, 1.165) is 12.2 Å². The van der Waals surface area contributed by atoms with Gasteiger partial charge in [-0.3, -0.25) is 4.68 Å². The molecule has 14 heavy (non-hydrogen) atoms. The molecule has 1 heterocycles. The summed E-state index contributed by atoms with van der Waals surface area (Å²) in [6.45, 7) is 8.97. The fourth-order valence-corrected chi connectivity index (χ4v) is 1.23. The van der Waals surface area contributed by atoms with Crippen LogP contribution in [0.25, 0.3) is 0 Å². The smallest absolute Gasteiger partial charge is 0.0955 e. The van der Waals surface area contributed by atoms with Gasteiger partial charge in [-0.25, -0.2) is 0 Å². The molecular weight excluding hydrogens is 174 g/mol. The molecule has 0 saturated carbocycles. The first-order chi connectivity index (χ1) is 6.45. The number of aromatic nitrogens is 2. The van der Waals surface area contributed by atoms with Crippen LogP contribution in [-0.2, 0) is 12.0 Å². The van der Waals surface area contributed by atoms with E-state index in [1.807, 2.05) is 30.8 Å². The maximum absolute atomic E-state index is 8.94. The summed E-state index contributed by atoms with van der Waals surface area (Å²) in [6.07, 6.45) is 1.94. The summed E-state index contributed by atoms with van der Waals surface area (Å²) in [6, 6.07) is 4.17. The summed E-state index contributed by atoms with van der Waals surface area (Å²) < 4.78 is 1.90. The van der Waals surface area contributed by atoms with E-state index in [4.69, 9.17) is 5.26 Å². The number of hydrogen-bond donors (Lipinski definition) is 0. The zero-order valence-electron chi connectivity index (χ0n) is 9.28. The molecule has 0 aromatic carbocycles. The van der Waals surface area contributed by atoms with Gasteiger partial charge in [0.1, 0.15) is 0 Å². The lowest BCUT2D eigenvalue weighted by atomic mass is 9.92. The first-order valence-corrected chi connectivity index (χ1v) is 4.91. The summed E-state index contributed by atoms with van der Waals surface area (Å²) in [5.41, 5.74) is 0.364. The van der Waals surface area contributed by atoms with Crippen LogP contribution in [0.4, 0.5) is 0 Å². The summed E-state index contributed by atoms with van der Waals surface area (Å²) >= 11 is 0. The lowest BCUT2D eigenvalue weighted by molar-refractivity contribution is 0.473. The van der Waals surface area contributed by atoms with E-state index in [9.17, 15) is 0 Å². The largest absolute Gasteiger partial charge is 0.272 e. The minimum atomic E-state index is -0.484. The van der Waals surface area contributed by atoms with E-state index in [1.54, 1.807) is 0 Å². The summed E-state index contributed by atoms with van der Waals surface area (Å²) in [5, 5.41) is 13.3. The predicted molar refractivity (Wildman–Crippen MR) is 55.7 cm³/mol. The molecule has 0 N–H and O–H groups in total. The Labute approximate surface area is 85.4 Å². The first-order valence-electron chi connectivity index (χ1n) is 4.91. The van der Waals surface area contributed by atoms with Gasteiger partial charge in [0, 0.05) is 12.7 Å². The third kappa shape index (κ3) is 2.35. The predicted octanol–water partition coefficient (Wildman–Crippen LogP) is 2.34. The number of nitrogens with zero attached hydrogens (tertiary/aromatic N) is 3. The standard InChI is InChI=1S/C11H17N3/c1-9(2)7-14-6-5-10(13-14)11(3,4)8-12/h5-6,9H,7H2,1-4H3. The van der Waals surface area contributed by atoms with Crippen LogP contribution in [0.2, 0.25) is 0 Å². The second-order valence-electron chi connectivity index (χ2n) is 4.55. The van der Waals surface area contributed by atoms with Crippen LogP contribution in [-0.4, -0.2) is 9.78 Å². The van der Waals surface area contributed by atoms with Gasteiger partial charge < -0.3 is 0 Å². The van der Waals surface area contributed by atoms with Gasteiger partial charge in [0.15, 0.2) is 0 Å². The molecule has 1 aromatic heterocycles. The molecule has 0 aliphatic carbocycles. The minimum absolute atomic E-state index is 0.484. The van der Waals surface area contributed by atoms with Gasteiger partial charge >= 0.3 is 0 Å². The summed E-state index contributed by atoms with van der Waals surface area (Å²) in [5.74, 6) is 0.577. The van der Waals surface area contributed by atoms with Crippen molar-refractivity contribution in [2.24, 2.45) is 5.92 Å². The molecule has 0 bridgehead atoms. The average molecular weight is 191 g/mol. The van der Waals surface area contributed by atoms with Crippen LogP contribution in [0.15, 0.2) is 12.3 Å². The van der Waals surface area contributed by atoms with Crippen LogP contribution < -0.4 is 0 Å². The van der Waals surface area contributed by atoms with E-state index in [2.05, 4.69) is 25.0 Å². The monoisotopic (exact) mass is 191 g/mol. The van der Waals surface area contributed by atoms with Gasteiger partial charge in [-0.05, 0) is 25.8 Å². The average Bonchev–Trinajstić information content (AvgIpc) is 2.52. The quantitative estimate of drug-likeness (QED) is 0.735. The minimum Gasteiger partial charge on any atom is -0.272 e. The molecule has 0 saturated heterocycles. The van der Waals surface area contributed by atoms with Gasteiger partial charge in [-0.2, -0.15) is 10.4 Å².